The van der Waals surface area contributed by atoms with Crippen molar-refractivity contribution in [1.82, 2.24) is 4.31 Å². The fourth-order valence-corrected chi connectivity index (χ4v) is 3.54. The van der Waals surface area contributed by atoms with Gasteiger partial charge in [-0.3, -0.25) is 4.79 Å². The van der Waals surface area contributed by atoms with Crippen LogP contribution in [0.15, 0.2) is 56.4 Å². The van der Waals surface area contributed by atoms with Crippen molar-refractivity contribution in [2.75, 3.05) is 6.54 Å². The van der Waals surface area contributed by atoms with E-state index < -0.39 is 21.8 Å². The third-order valence-electron chi connectivity index (χ3n) is 2.66. The second kappa shape index (κ2) is 6.74. The van der Waals surface area contributed by atoms with E-state index in [4.69, 9.17) is 16.0 Å². The molecule has 1 aromatic heterocycles. The molecule has 1 heterocycles. The van der Waals surface area contributed by atoms with Crippen LogP contribution in [0.25, 0.3) is 0 Å². The Morgan fingerprint density at radius 1 is 1.24 bits per heavy atom. The smallest absolute Gasteiger partial charge is 0.243 e. The molecule has 0 aliphatic heterocycles. The third-order valence-corrected chi connectivity index (χ3v) is 5.12. The predicted molar refractivity (Wildman–Crippen MR) is 81.3 cm³/mol. The molecule has 0 atom stereocenters. The normalized spacial score (nSPS) is 11.8. The van der Waals surface area contributed by atoms with Crippen molar-refractivity contribution in [3.05, 3.63) is 52.9 Å². The van der Waals surface area contributed by atoms with Crippen molar-refractivity contribution >= 4 is 42.8 Å². The van der Waals surface area contributed by atoms with E-state index in [9.17, 15) is 13.2 Å². The molecule has 0 saturated heterocycles. The SMILES string of the molecule is O=C(Cl)CN(Cc1ccco1)S(=O)(=O)c1ccc(Br)cc1. The van der Waals surface area contributed by atoms with Crippen molar-refractivity contribution in [3.8, 4) is 0 Å². The molecule has 0 saturated carbocycles. The van der Waals surface area contributed by atoms with Crippen LogP contribution in [0, 0.1) is 0 Å². The van der Waals surface area contributed by atoms with Crippen molar-refractivity contribution in [2.45, 2.75) is 11.4 Å². The molecule has 0 bridgehead atoms. The molecule has 0 fully saturated rings. The number of carbonyl (C=O) groups excluding carboxylic acids is 1. The summed E-state index contributed by atoms with van der Waals surface area (Å²) in [6.07, 6.45) is 1.43. The van der Waals surface area contributed by atoms with E-state index in [1.165, 1.54) is 18.4 Å². The Morgan fingerprint density at radius 2 is 1.90 bits per heavy atom. The molecule has 5 nitrogen and oxygen atoms in total. The highest BCUT2D eigenvalue weighted by atomic mass is 79.9. The van der Waals surface area contributed by atoms with Gasteiger partial charge in [-0.15, -0.1) is 0 Å². The van der Waals surface area contributed by atoms with E-state index in [1.54, 1.807) is 24.3 Å². The van der Waals surface area contributed by atoms with Gasteiger partial charge in [0.25, 0.3) is 0 Å². The fraction of sp³-hybridized carbons (Fsp3) is 0.154. The number of hydrogen-bond donors (Lipinski definition) is 0. The van der Waals surface area contributed by atoms with Gasteiger partial charge in [0, 0.05) is 4.47 Å². The summed E-state index contributed by atoms with van der Waals surface area (Å²) < 4.78 is 32.0. The number of furan rings is 1. The highest BCUT2D eigenvalue weighted by Gasteiger charge is 2.27. The Balaban J connectivity index is 2.34. The van der Waals surface area contributed by atoms with Crippen LogP contribution in [0.2, 0.25) is 0 Å². The molecule has 0 radical (unpaired) electrons. The number of hydrogen-bond acceptors (Lipinski definition) is 4. The van der Waals surface area contributed by atoms with E-state index in [0.717, 1.165) is 8.78 Å². The number of halogens is 2. The molecule has 0 spiro atoms. The van der Waals surface area contributed by atoms with Gasteiger partial charge in [0.15, 0.2) is 0 Å². The molecular formula is C13H11BrClNO4S. The van der Waals surface area contributed by atoms with Gasteiger partial charge in [0.05, 0.1) is 24.2 Å². The second-order valence-electron chi connectivity index (χ2n) is 4.16. The lowest BCUT2D eigenvalue weighted by Gasteiger charge is -2.19. The molecule has 0 N–H and O–H groups in total. The minimum Gasteiger partial charge on any atom is -0.468 e. The molecule has 0 amide bonds. The first-order valence-electron chi connectivity index (χ1n) is 5.86. The van der Waals surface area contributed by atoms with Crippen molar-refractivity contribution in [1.29, 1.82) is 0 Å². The summed E-state index contributed by atoms with van der Waals surface area (Å²) in [5.74, 6) is 0.425. The first kappa shape index (κ1) is 16.2. The minimum atomic E-state index is -3.84. The van der Waals surface area contributed by atoms with Crippen molar-refractivity contribution in [2.24, 2.45) is 0 Å². The van der Waals surface area contributed by atoms with E-state index >= 15 is 0 Å². The van der Waals surface area contributed by atoms with Crippen LogP contribution in [0.5, 0.6) is 0 Å². The first-order valence-corrected chi connectivity index (χ1v) is 8.47. The molecular weight excluding hydrogens is 382 g/mol. The number of benzene rings is 1. The van der Waals surface area contributed by atoms with Gasteiger partial charge in [-0.1, -0.05) is 15.9 Å². The highest BCUT2D eigenvalue weighted by Crippen LogP contribution is 2.21. The van der Waals surface area contributed by atoms with Crippen LogP contribution in [0.1, 0.15) is 5.76 Å². The molecule has 2 rings (SSSR count). The van der Waals surface area contributed by atoms with Crippen LogP contribution < -0.4 is 0 Å². The van der Waals surface area contributed by atoms with Gasteiger partial charge in [0.1, 0.15) is 5.76 Å². The van der Waals surface area contributed by atoms with Gasteiger partial charge in [-0.2, -0.15) is 4.31 Å². The molecule has 21 heavy (non-hydrogen) atoms. The largest absolute Gasteiger partial charge is 0.468 e. The van der Waals surface area contributed by atoms with Crippen LogP contribution >= 0.6 is 27.5 Å². The van der Waals surface area contributed by atoms with Gasteiger partial charge in [0.2, 0.25) is 15.3 Å². The Labute approximate surface area is 135 Å². The number of sulfonamides is 1. The average Bonchev–Trinajstić information content (AvgIpc) is 2.91. The maximum atomic E-state index is 12.6. The molecule has 112 valence electrons. The second-order valence-corrected chi connectivity index (χ2v) is 7.44. The number of carbonyl (C=O) groups is 1. The van der Waals surface area contributed by atoms with E-state index in [2.05, 4.69) is 15.9 Å². The lowest BCUT2D eigenvalue weighted by atomic mass is 10.4. The summed E-state index contributed by atoms with van der Waals surface area (Å²) in [5, 5.41) is -0.762. The zero-order valence-corrected chi connectivity index (χ0v) is 13.9. The van der Waals surface area contributed by atoms with Crippen LogP contribution in [-0.2, 0) is 21.4 Å². The minimum absolute atomic E-state index is 0.0656. The van der Waals surface area contributed by atoms with Gasteiger partial charge >= 0.3 is 0 Å². The van der Waals surface area contributed by atoms with Gasteiger partial charge < -0.3 is 4.42 Å². The lowest BCUT2D eigenvalue weighted by molar-refractivity contribution is -0.112. The molecule has 8 heteroatoms. The van der Waals surface area contributed by atoms with Crippen LogP contribution in [0.4, 0.5) is 0 Å². The zero-order chi connectivity index (χ0) is 15.5. The average molecular weight is 393 g/mol. The summed E-state index contributed by atoms with van der Waals surface area (Å²) in [5.41, 5.74) is 0. The zero-order valence-electron chi connectivity index (χ0n) is 10.7. The summed E-state index contributed by atoms with van der Waals surface area (Å²) in [4.78, 5) is 11.2. The van der Waals surface area contributed by atoms with Crippen LogP contribution in [-0.4, -0.2) is 24.5 Å². The van der Waals surface area contributed by atoms with Crippen molar-refractivity contribution < 1.29 is 17.6 Å². The first-order chi connectivity index (χ1) is 9.89. The fourth-order valence-electron chi connectivity index (χ4n) is 1.70. The quantitative estimate of drug-likeness (QED) is 0.709. The molecule has 1 aromatic carbocycles. The summed E-state index contributed by atoms with van der Waals surface area (Å²) in [6.45, 7) is -0.496. The molecule has 0 unspecified atom stereocenters. The number of nitrogens with zero attached hydrogens (tertiary/aromatic N) is 1. The maximum absolute atomic E-state index is 12.6. The molecule has 2 aromatic rings. The lowest BCUT2D eigenvalue weighted by Crippen LogP contribution is -2.33. The van der Waals surface area contributed by atoms with Crippen molar-refractivity contribution in [3.63, 3.8) is 0 Å². The Kier molecular flexibility index (Phi) is 5.21. The highest BCUT2D eigenvalue weighted by molar-refractivity contribution is 9.10. The Morgan fingerprint density at radius 3 is 2.43 bits per heavy atom. The van der Waals surface area contributed by atoms with E-state index in [-0.39, 0.29) is 11.4 Å². The Hall–Kier alpha value is -1.15. The maximum Gasteiger partial charge on any atom is 0.243 e. The molecule has 0 aliphatic rings. The predicted octanol–water partition coefficient (Wildman–Crippen LogP) is 3.00. The van der Waals surface area contributed by atoms with Gasteiger partial charge in [-0.25, -0.2) is 8.42 Å². The number of rotatable bonds is 6. The van der Waals surface area contributed by atoms with Crippen LogP contribution in [0.3, 0.4) is 0 Å². The monoisotopic (exact) mass is 391 g/mol. The summed E-state index contributed by atoms with van der Waals surface area (Å²) in [6, 6.07) is 9.40. The van der Waals surface area contributed by atoms with E-state index in [0.29, 0.717) is 5.76 Å². The van der Waals surface area contributed by atoms with E-state index in [1.807, 2.05) is 0 Å². The topological polar surface area (TPSA) is 67.6 Å². The third kappa shape index (κ3) is 4.16. The summed E-state index contributed by atoms with van der Waals surface area (Å²) >= 11 is 8.59. The molecule has 0 aliphatic carbocycles. The summed E-state index contributed by atoms with van der Waals surface area (Å²) in [7, 11) is -3.84. The van der Waals surface area contributed by atoms with Gasteiger partial charge in [-0.05, 0) is 48.0 Å². The standard InChI is InChI=1S/C13H11BrClNO4S/c14-10-3-5-12(6-4-10)21(18,19)16(9-13(15)17)8-11-2-1-7-20-11/h1-7H,8-9H2. The Bertz CT molecular complexity index is 713.